The smallest absolute Gasteiger partial charge is 0.306 e. The van der Waals surface area contributed by atoms with Gasteiger partial charge in [-0.1, -0.05) is 386 Å². The molecule has 0 fully saturated rings. The van der Waals surface area contributed by atoms with Gasteiger partial charge >= 0.3 is 11.9 Å². The van der Waals surface area contributed by atoms with Crippen molar-refractivity contribution in [2.45, 2.75) is 373 Å². The highest BCUT2D eigenvalue weighted by Gasteiger charge is 2.16. The zero-order valence-corrected chi connectivity index (χ0v) is 57.5. The summed E-state index contributed by atoms with van der Waals surface area (Å²) in [6, 6.07) is 0. The van der Waals surface area contributed by atoms with Gasteiger partial charge in [-0.05, 0) is 89.9 Å². The van der Waals surface area contributed by atoms with Gasteiger partial charge in [0.1, 0.15) is 6.61 Å². The van der Waals surface area contributed by atoms with Crippen LogP contribution in [-0.4, -0.2) is 36.4 Å². The summed E-state index contributed by atoms with van der Waals surface area (Å²) in [4.78, 5) is 24.7. The lowest BCUT2D eigenvalue weighted by molar-refractivity contribution is -0.161. The minimum atomic E-state index is -0.789. The number of hydrogen-bond donors (Lipinski definition) is 1. The summed E-state index contributed by atoms with van der Waals surface area (Å²) >= 11 is 0. The Hall–Kier alpha value is -3.70. The van der Waals surface area contributed by atoms with Gasteiger partial charge in [-0.3, -0.25) is 9.59 Å². The molecule has 0 aromatic carbocycles. The van der Waals surface area contributed by atoms with E-state index in [1.54, 1.807) is 0 Å². The van der Waals surface area contributed by atoms with Gasteiger partial charge in [0.25, 0.3) is 0 Å². The molecule has 1 unspecified atom stereocenters. The molecule has 0 aromatic rings. The second kappa shape index (κ2) is 76.5. The van der Waals surface area contributed by atoms with Gasteiger partial charge in [0.05, 0.1) is 6.61 Å². The molecule has 0 radical (unpaired) electrons. The minimum Gasteiger partial charge on any atom is -0.462 e. The molecule has 0 heterocycles. The molecule has 0 amide bonds. The zero-order chi connectivity index (χ0) is 62.6. The number of unbranched alkanes of at least 4 members (excludes halogenated alkanes) is 41. The van der Waals surface area contributed by atoms with Crippen LogP contribution in [0.3, 0.4) is 0 Å². The number of allylic oxidation sites excluding steroid dienone is 20. The van der Waals surface area contributed by atoms with E-state index < -0.39 is 6.10 Å². The highest BCUT2D eigenvalue weighted by Crippen LogP contribution is 2.19. The van der Waals surface area contributed by atoms with Gasteiger partial charge < -0.3 is 14.6 Å². The number of hydrogen-bond acceptors (Lipinski definition) is 5. The Morgan fingerprint density at radius 3 is 0.747 bits per heavy atom. The van der Waals surface area contributed by atoms with Crippen molar-refractivity contribution in [3.05, 3.63) is 122 Å². The van der Waals surface area contributed by atoms with Crippen LogP contribution in [0.2, 0.25) is 0 Å². The lowest BCUT2D eigenvalue weighted by Crippen LogP contribution is -2.28. The van der Waals surface area contributed by atoms with Gasteiger partial charge in [0.15, 0.2) is 6.10 Å². The molecule has 1 N–H and O–H groups in total. The van der Waals surface area contributed by atoms with Crippen LogP contribution in [0.1, 0.15) is 367 Å². The maximum atomic E-state index is 12.4. The Labute approximate surface area is 541 Å². The first-order chi connectivity index (χ1) is 43.1. The fourth-order valence-electron chi connectivity index (χ4n) is 10.9. The molecule has 5 nitrogen and oxygen atoms in total. The van der Waals surface area contributed by atoms with Crippen LogP contribution in [0.15, 0.2) is 122 Å². The molecule has 0 aliphatic carbocycles. The van der Waals surface area contributed by atoms with Crippen molar-refractivity contribution in [3.63, 3.8) is 0 Å². The van der Waals surface area contributed by atoms with Crippen LogP contribution >= 0.6 is 0 Å². The maximum Gasteiger partial charge on any atom is 0.306 e. The van der Waals surface area contributed by atoms with E-state index in [9.17, 15) is 14.7 Å². The molecule has 0 bridgehead atoms. The Balaban J connectivity index is 3.50. The Bertz CT molecular complexity index is 1700. The number of aliphatic hydroxyl groups excluding tert-OH is 1. The fourth-order valence-corrected chi connectivity index (χ4v) is 10.9. The summed E-state index contributed by atoms with van der Waals surface area (Å²) < 4.78 is 10.8. The summed E-state index contributed by atoms with van der Waals surface area (Å²) in [5.41, 5.74) is 0. The number of rotatable bonds is 69. The number of esters is 2. The van der Waals surface area contributed by atoms with E-state index >= 15 is 0 Å². The molecule has 1 atom stereocenters. The monoisotopic (exact) mass is 1210 g/mol. The number of carbonyl (C=O) groups is 2. The lowest BCUT2D eigenvalue weighted by atomic mass is 10.0. The number of carbonyl (C=O) groups excluding carboxylic acids is 2. The van der Waals surface area contributed by atoms with Crippen molar-refractivity contribution in [2.24, 2.45) is 0 Å². The molecular weight excluding hydrogens is 1060 g/mol. The second-order valence-corrected chi connectivity index (χ2v) is 25.0. The zero-order valence-electron chi connectivity index (χ0n) is 57.5. The third-order valence-electron chi connectivity index (χ3n) is 16.5. The van der Waals surface area contributed by atoms with E-state index in [2.05, 4.69) is 135 Å². The number of aliphatic hydroxyl groups is 1. The molecule has 0 saturated carbocycles. The van der Waals surface area contributed by atoms with Gasteiger partial charge in [-0.2, -0.15) is 0 Å². The number of ether oxygens (including phenoxy) is 2. The Kier molecular flexibility index (Phi) is 73.3. The van der Waals surface area contributed by atoms with E-state index in [-0.39, 0.29) is 25.2 Å². The molecule has 0 aliphatic heterocycles. The highest BCUT2D eigenvalue weighted by molar-refractivity contribution is 5.70. The van der Waals surface area contributed by atoms with E-state index in [0.29, 0.717) is 12.8 Å². The molecule has 0 saturated heterocycles. The molecule has 0 aromatic heterocycles. The molecule has 0 spiro atoms. The van der Waals surface area contributed by atoms with Crippen LogP contribution < -0.4 is 0 Å². The largest absolute Gasteiger partial charge is 0.462 e. The first-order valence-corrected chi connectivity index (χ1v) is 37.6. The first kappa shape index (κ1) is 83.3. The van der Waals surface area contributed by atoms with Gasteiger partial charge in [-0.25, -0.2) is 0 Å². The predicted octanol–water partition coefficient (Wildman–Crippen LogP) is 26.5. The Morgan fingerprint density at radius 1 is 0.276 bits per heavy atom. The van der Waals surface area contributed by atoms with Crippen molar-refractivity contribution in [2.75, 3.05) is 13.2 Å². The topological polar surface area (TPSA) is 72.8 Å². The maximum absolute atomic E-state index is 12.4. The van der Waals surface area contributed by atoms with Crippen molar-refractivity contribution < 1.29 is 24.2 Å². The van der Waals surface area contributed by atoms with Crippen molar-refractivity contribution in [1.29, 1.82) is 0 Å². The summed E-state index contributed by atoms with van der Waals surface area (Å²) in [6.45, 7) is 4.05. The van der Waals surface area contributed by atoms with E-state index in [0.717, 1.165) is 109 Å². The summed E-state index contributed by atoms with van der Waals surface area (Å²) in [5.74, 6) is -0.599. The van der Waals surface area contributed by atoms with Crippen molar-refractivity contribution in [3.8, 4) is 0 Å². The van der Waals surface area contributed by atoms with Crippen molar-refractivity contribution in [1.82, 2.24) is 0 Å². The average Bonchev–Trinajstić information content (AvgIpc) is 3.52. The highest BCUT2D eigenvalue weighted by atomic mass is 16.6. The van der Waals surface area contributed by atoms with E-state index in [4.69, 9.17) is 9.47 Å². The van der Waals surface area contributed by atoms with Gasteiger partial charge in [0.2, 0.25) is 0 Å². The SMILES string of the molecule is CC/C=C\C/C=C\C/C=C\C/C=C\C/C=C\C/C=C\C/C=C\C/C=C\C/C=C\C/C=C\CCCCCCCCC(=O)OC(CO)COC(=O)CCCCCCCCCCCCCCCCCCCCCCCCCCCCCCCCCCCCCC. The van der Waals surface area contributed by atoms with E-state index in [1.807, 2.05) is 0 Å². The normalized spacial score (nSPS) is 12.9. The fraction of sp³-hybridized carbons (Fsp3) is 0.732. The van der Waals surface area contributed by atoms with Crippen LogP contribution in [0.4, 0.5) is 0 Å². The third-order valence-corrected chi connectivity index (χ3v) is 16.5. The summed E-state index contributed by atoms with van der Waals surface area (Å²) in [7, 11) is 0. The minimum absolute atomic E-state index is 0.0748. The average molecular weight is 1210 g/mol. The van der Waals surface area contributed by atoms with Crippen LogP contribution in [0.5, 0.6) is 0 Å². The standard InChI is InChI=1S/C82H142O5/c1-3-5-7-9-11-13-15-17-19-21-23-25-27-29-31-33-35-37-39-41-43-45-47-49-51-53-55-57-59-61-63-65-67-69-71-73-75-77-82(85)87-80(78-83)79-86-81(84)76-74-72-70-68-66-64-62-60-58-56-54-52-50-48-46-44-42-40-38-36-34-32-30-28-26-24-22-20-18-16-14-12-10-8-6-4-2/h5,7,11,13,17,19,23,25,29,31,35,37,41,43,47,49,53,55,59,61,80,83H,3-4,6,8-10,12,14-16,18,20-22,24,26-28,30,32-34,36,38-40,42,44-46,48,50-52,54,56-58,60,62-79H2,1-2H3/b7-5-,13-11-,19-17-,25-23-,31-29-,37-35-,43-41-,49-47-,55-53-,61-59-. The molecule has 5 heteroatoms. The summed E-state index contributed by atoms with van der Waals surface area (Å²) in [5, 5.41) is 9.71. The first-order valence-electron chi connectivity index (χ1n) is 37.6. The van der Waals surface area contributed by atoms with Gasteiger partial charge in [0, 0.05) is 12.8 Å². The van der Waals surface area contributed by atoms with Crippen LogP contribution in [0, 0.1) is 0 Å². The lowest BCUT2D eigenvalue weighted by Gasteiger charge is -2.15. The van der Waals surface area contributed by atoms with Crippen molar-refractivity contribution >= 4 is 11.9 Å². The van der Waals surface area contributed by atoms with E-state index in [1.165, 1.54) is 231 Å². The molecular formula is C82H142O5. The van der Waals surface area contributed by atoms with Crippen LogP contribution in [-0.2, 0) is 19.1 Å². The molecule has 0 aliphatic rings. The molecule has 500 valence electrons. The van der Waals surface area contributed by atoms with Crippen LogP contribution in [0.25, 0.3) is 0 Å². The quantitative estimate of drug-likeness (QED) is 0.0373. The second-order valence-electron chi connectivity index (χ2n) is 25.0. The van der Waals surface area contributed by atoms with Gasteiger partial charge in [-0.15, -0.1) is 0 Å². The predicted molar refractivity (Wildman–Crippen MR) is 385 cm³/mol. The Morgan fingerprint density at radius 2 is 0.494 bits per heavy atom. The molecule has 0 rings (SSSR count). The molecule has 87 heavy (non-hydrogen) atoms. The third kappa shape index (κ3) is 74.7. The summed E-state index contributed by atoms with van der Waals surface area (Å²) in [6.07, 6.45) is 113.